The monoisotopic (exact) mass is 129 g/mol. The fourth-order valence-corrected chi connectivity index (χ4v) is 0.618. The van der Waals surface area contributed by atoms with Crippen molar-refractivity contribution < 1.29 is 2.82 Å². The summed E-state index contributed by atoms with van der Waals surface area (Å²) >= 11 is 0. The van der Waals surface area contributed by atoms with Crippen molar-refractivity contribution in [1.29, 1.82) is 0 Å². The van der Waals surface area contributed by atoms with Crippen LogP contribution in [0.25, 0.3) is 0 Å². The number of nitrogens with two attached hydrogens (primary N) is 1. The van der Waals surface area contributed by atoms with Crippen LogP contribution >= 0.6 is 0 Å². The minimum Gasteiger partial charge on any atom is -0.369 e. The van der Waals surface area contributed by atoms with E-state index in [0.717, 1.165) is 5.69 Å². The predicted molar refractivity (Wildman–Crippen MR) is 37.1 cm³/mol. The second-order valence-electron chi connectivity index (χ2n) is 2.32. The molecular formula is C6H11N3. The van der Waals surface area contributed by atoms with Crippen LogP contribution in [-0.4, -0.2) is 9.97 Å². The van der Waals surface area contributed by atoms with Gasteiger partial charge in [0.25, 0.3) is 0 Å². The number of aromatic nitrogens is 2. The lowest BCUT2D eigenvalue weighted by atomic mass is 10.2. The Morgan fingerprint density at radius 1 is 1.89 bits per heavy atom. The summed E-state index contributed by atoms with van der Waals surface area (Å²) in [4.78, 5) is 6.68. The number of hydrogen-bond acceptors (Lipinski definition) is 2. The molecule has 0 spiro atoms. The molecule has 0 bridgehead atoms. The van der Waals surface area contributed by atoms with E-state index in [1.807, 2.05) is 13.8 Å². The van der Waals surface area contributed by atoms with Crippen molar-refractivity contribution in [2.24, 2.45) is 0 Å². The molecule has 1 aromatic heterocycles. The molecule has 0 saturated carbocycles. The molecule has 0 amide bonds. The third kappa shape index (κ3) is 1.22. The summed E-state index contributed by atoms with van der Waals surface area (Å²) in [7, 11) is 0. The third-order valence-electron chi connectivity index (χ3n) is 1.20. The molecule has 1 rings (SSSR count). The Labute approximate surface area is 57.2 Å². The number of hydrogen-bond donors (Lipinski definition) is 2. The van der Waals surface area contributed by atoms with Crippen molar-refractivity contribution in [3.05, 3.63) is 11.9 Å². The third-order valence-corrected chi connectivity index (χ3v) is 1.20. The minimum absolute atomic E-state index is 0.258. The molecule has 0 atom stereocenters. The average Bonchev–Trinajstić information content (AvgIpc) is 2.33. The highest BCUT2D eigenvalue weighted by molar-refractivity contribution is 5.19. The molecule has 1 aromatic rings. The van der Waals surface area contributed by atoms with Crippen molar-refractivity contribution in [3.8, 4) is 0 Å². The van der Waals surface area contributed by atoms with Gasteiger partial charge in [-0.1, -0.05) is 13.8 Å². The lowest BCUT2D eigenvalue weighted by Crippen LogP contribution is -1.89. The molecule has 3 heteroatoms. The van der Waals surface area contributed by atoms with E-state index in [-0.39, 0.29) is 5.95 Å². The molecule has 0 fully saturated rings. The molecule has 0 aliphatic heterocycles. The van der Waals surface area contributed by atoms with Gasteiger partial charge in [-0.15, -0.1) is 0 Å². The van der Waals surface area contributed by atoms with Gasteiger partial charge in [-0.05, 0) is 5.92 Å². The number of nitrogens with zero attached hydrogens (tertiary/aromatic N) is 1. The van der Waals surface area contributed by atoms with Crippen molar-refractivity contribution in [3.63, 3.8) is 0 Å². The van der Waals surface area contributed by atoms with E-state index in [9.17, 15) is 0 Å². The van der Waals surface area contributed by atoms with Crippen LogP contribution in [0.2, 0.25) is 2.82 Å². The van der Waals surface area contributed by atoms with Crippen LogP contribution in [0.3, 0.4) is 0 Å². The summed E-state index contributed by atoms with van der Waals surface area (Å²) in [5.74, 6) is 0.616. The Hall–Kier alpha value is -0.990. The highest BCUT2D eigenvalue weighted by Gasteiger charge is 1.99. The first-order valence-corrected chi connectivity index (χ1v) is 2.94. The molecule has 0 aliphatic carbocycles. The molecule has 0 aliphatic rings. The van der Waals surface area contributed by atoms with E-state index >= 15 is 0 Å². The molecule has 9 heavy (non-hydrogen) atoms. The highest BCUT2D eigenvalue weighted by Crippen LogP contribution is 2.10. The van der Waals surface area contributed by atoms with Crippen molar-refractivity contribution in [1.82, 2.24) is 9.97 Å². The maximum Gasteiger partial charge on any atom is 0.197 e. The molecule has 0 aromatic carbocycles. The number of nitrogen functional groups attached to an aromatic ring is 1. The van der Waals surface area contributed by atoms with Crippen molar-refractivity contribution in [2.45, 2.75) is 19.8 Å². The Bertz CT molecular complexity index is 209. The Kier molecular flexibility index (Phi) is 0.912. The van der Waals surface area contributed by atoms with E-state index in [2.05, 4.69) is 9.97 Å². The van der Waals surface area contributed by atoms with E-state index in [0.29, 0.717) is 11.6 Å². The van der Waals surface area contributed by atoms with Gasteiger partial charge in [0, 0.05) is 5.69 Å². The zero-order valence-electron chi connectivity index (χ0n) is 7.55. The number of aromatic amines is 1. The lowest BCUT2D eigenvalue weighted by molar-refractivity contribution is 0.833. The van der Waals surface area contributed by atoms with Gasteiger partial charge in [-0.3, -0.25) is 0 Å². The van der Waals surface area contributed by atoms with Crippen LogP contribution in [0.15, 0.2) is 6.20 Å². The summed E-state index contributed by atoms with van der Waals surface area (Å²) in [6.45, 7) is 4.05. The first kappa shape index (κ1) is 3.93. The van der Waals surface area contributed by atoms with Gasteiger partial charge < -0.3 is 10.7 Å². The fourth-order valence-electron chi connectivity index (χ4n) is 0.618. The molecule has 1 heterocycles. The maximum atomic E-state index is 6.88. The minimum atomic E-state index is 0.258. The summed E-state index contributed by atoms with van der Waals surface area (Å²) in [5.41, 5.74) is 1.41. The molecule has 0 radical (unpaired) electrons. The second-order valence-corrected chi connectivity index (χ2v) is 2.32. The Morgan fingerprint density at radius 3 is 3.00 bits per heavy atom. The summed E-state index contributed by atoms with van der Waals surface area (Å²) in [5, 5.41) is 0. The molecule has 0 saturated heterocycles. The van der Waals surface area contributed by atoms with Gasteiger partial charge in [0.2, 0.25) is 0 Å². The normalized spacial score (nSPS) is 13.2. The molecule has 50 valence electrons. The summed E-state index contributed by atoms with van der Waals surface area (Å²) in [6.07, 6.45) is 1.65. The van der Waals surface area contributed by atoms with Crippen molar-refractivity contribution in [2.75, 3.05) is 5.72 Å². The smallest absolute Gasteiger partial charge is 0.197 e. The second kappa shape index (κ2) is 2.09. The first-order valence-electron chi connectivity index (χ1n) is 3.83. The zero-order valence-corrected chi connectivity index (χ0v) is 5.55. The quantitative estimate of drug-likeness (QED) is 0.628. The van der Waals surface area contributed by atoms with E-state index < -0.39 is 0 Å². The van der Waals surface area contributed by atoms with Gasteiger partial charge in [0.15, 0.2) is 8.77 Å². The largest absolute Gasteiger partial charge is 0.369 e. The van der Waals surface area contributed by atoms with Crippen LogP contribution in [0, 0.1) is 0 Å². The average molecular weight is 129 g/mol. The number of imidazole rings is 1. The van der Waals surface area contributed by atoms with Gasteiger partial charge >= 0.3 is 0 Å². The predicted octanol–water partition coefficient (Wildman–Crippen LogP) is 1.12. The lowest BCUT2D eigenvalue weighted by Gasteiger charge is -1.96. The molecule has 3 N–H and O–H groups in total. The first-order chi connectivity index (χ1) is 5.11. The van der Waals surface area contributed by atoms with Crippen LogP contribution in [-0.2, 0) is 0 Å². The van der Waals surface area contributed by atoms with Gasteiger partial charge in [-0.25, -0.2) is 4.98 Å². The Morgan fingerprint density at radius 2 is 2.67 bits per heavy atom. The highest BCUT2D eigenvalue weighted by atomic mass is 15.0. The molecule has 0 unspecified atom stereocenters. The van der Waals surface area contributed by atoms with E-state index in [1.165, 1.54) is 0 Å². The summed E-state index contributed by atoms with van der Waals surface area (Å²) < 4.78 is 13.8. The van der Waals surface area contributed by atoms with E-state index in [1.54, 1.807) is 6.20 Å². The molecular weight excluding hydrogens is 114 g/mol. The van der Waals surface area contributed by atoms with Crippen LogP contribution in [0.1, 0.15) is 25.5 Å². The standard InChI is InChI=1S/C6H11N3/c1-4(2)5-3-8-6(7)9-5/h3-4H,1-2H3,(H3,7,8,9)/i/hT2. The number of H-pyrrole nitrogens is 1. The van der Waals surface area contributed by atoms with Crippen LogP contribution in [0.5, 0.6) is 0 Å². The zero-order chi connectivity index (χ0) is 8.43. The fraction of sp³-hybridized carbons (Fsp3) is 0.500. The van der Waals surface area contributed by atoms with Crippen molar-refractivity contribution >= 4 is 5.95 Å². The number of nitrogens with one attached hydrogen (secondary N) is 1. The van der Waals surface area contributed by atoms with Gasteiger partial charge in [-0.2, -0.15) is 0 Å². The number of rotatable bonds is 2. The Balaban J connectivity index is 2.82. The van der Waals surface area contributed by atoms with E-state index in [4.69, 9.17) is 2.82 Å². The van der Waals surface area contributed by atoms with Crippen LogP contribution < -0.4 is 5.72 Å². The number of anilines is 1. The topological polar surface area (TPSA) is 54.7 Å². The SMILES string of the molecule is [3H]N([3H])c1ncc(C(C)C)[nH]1. The molecule has 3 nitrogen and oxygen atoms in total. The summed E-state index contributed by atoms with van der Waals surface area (Å²) in [6, 6.07) is 0. The van der Waals surface area contributed by atoms with Gasteiger partial charge in [0.05, 0.1) is 6.20 Å². The van der Waals surface area contributed by atoms with Gasteiger partial charge in [0.1, 0.15) is 0 Å². The van der Waals surface area contributed by atoms with Crippen LogP contribution in [0.4, 0.5) is 5.95 Å². The maximum absolute atomic E-state index is 6.88.